The van der Waals surface area contributed by atoms with Crippen molar-refractivity contribution in [3.63, 3.8) is 0 Å². The largest absolute Gasteiger partial charge is 0.363 e. The van der Waals surface area contributed by atoms with E-state index in [-0.39, 0.29) is 5.91 Å². The fraction of sp³-hybridized carbons (Fsp3) is 0.450. The summed E-state index contributed by atoms with van der Waals surface area (Å²) < 4.78 is 0.987. The summed E-state index contributed by atoms with van der Waals surface area (Å²) in [7, 11) is 3.95. The molecule has 7 heteroatoms. The van der Waals surface area contributed by atoms with E-state index >= 15 is 0 Å². The van der Waals surface area contributed by atoms with Crippen LogP contribution in [0.3, 0.4) is 0 Å². The number of aromatic nitrogens is 2. The van der Waals surface area contributed by atoms with Gasteiger partial charge in [0.2, 0.25) is 5.95 Å². The number of halogens is 1. The molecule has 2 aromatic rings. The van der Waals surface area contributed by atoms with Crippen LogP contribution in [0.5, 0.6) is 0 Å². The maximum Gasteiger partial charge on any atom is 0.252 e. The molecule has 144 valence electrons. The maximum atomic E-state index is 12.4. The van der Waals surface area contributed by atoms with Crippen molar-refractivity contribution in [2.24, 2.45) is 5.92 Å². The van der Waals surface area contributed by atoms with E-state index in [4.69, 9.17) is 0 Å². The molecule has 0 bridgehead atoms. The molecule has 1 aliphatic rings. The van der Waals surface area contributed by atoms with E-state index < -0.39 is 0 Å². The lowest BCUT2D eigenvalue weighted by atomic mass is 9.86. The number of rotatable bonds is 6. The van der Waals surface area contributed by atoms with Gasteiger partial charge in [0.25, 0.3) is 5.91 Å². The molecule has 0 radical (unpaired) electrons. The van der Waals surface area contributed by atoms with Gasteiger partial charge in [-0.25, -0.2) is 4.98 Å². The van der Waals surface area contributed by atoms with Crippen molar-refractivity contribution in [3.8, 4) is 0 Å². The first-order valence-electron chi connectivity index (χ1n) is 9.32. The number of carbonyl (C=O) groups is 1. The summed E-state index contributed by atoms with van der Waals surface area (Å²) >= 11 is 2.21. The lowest BCUT2D eigenvalue weighted by Crippen LogP contribution is -2.34. The Kier molecular flexibility index (Phi) is 6.87. The van der Waals surface area contributed by atoms with Gasteiger partial charge in [0.1, 0.15) is 5.82 Å². The number of nitrogens with zero attached hydrogens (tertiary/aromatic N) is 3. The van der Waals surface area contributed by atoms with Crippen molar-refractivity contribution in [1.82, 2.24) is 15.3 Å². The van der Waals surface area contributed by atoms with Gasteiger partial charge in [-0.1, -0.05) is 12.1 Å². The van der Waals surface area contributed by atoms with Crippen LogP contribution >= 0.6 is 22.6 Å². The van der Waals surface area contributed by atoms with Crippen molar-refractivity contribution >= 4 is 40.3 Å². The van der Waals surface area contributed by atoms with Crippen LogP contribution in [0.2, 0.25) is 0 Å². The Morgan fingerprint density at radius 3 is 2.63 bits per heavy atom. The topological polar surface area (TPSA) is 70.2 Å². The van der Waals surface area contributed by atoms with Gasteiger partial charge in [-0.15, -0.1) is 0 Å². The molecule has 1 aromatic carbocycles. The van der Waals surface area contributed by atoms with Crippen LogP contribution in [-0.2, 0) is 0 Å². The highest BCUT2D eigenvalue weighted by Crippen LogP contribution is 2.26. The van der Waals surface area contributed by atoms with Gasteiger partial charge in [-0.2, -0.15) is 4.98 Å². The lowest BCUT2D eigenvalue weighted by Gasteiger charge is -2.29. The minimum atomic E-state index is 0.0224. The Morgan fingerprint density at radius 1 is 1.19 bits per heavy atom. The van der Waals surface area contributed by atoms with Crippen molar-refractivity contribution in [2.75, 3.05) is 30.9 Å². The normalized spacial score (nSPS) is 19.4. The molecule has 2 N–H and O–H groups in total. The van der Waals surface area contributed by atoms with Crippen LogP contribution < -0.4 is 15.5 Å². The number of benzene rings is 1. The molecule has 0 unspecified atom stereocenters. The van der Waals surface area contributed by atoms with Gasteiger partial charge in [0, 0.05) is 36.4 Å². The zero-order valence-corrected chi connectivity index (χ0v) is 17.9. The highest BCUT2D eigenvalue weighted by atomic mass is 127. The van der Waals surface area contributed by atoms with E-state index in [1.54, 1.807) is 6.20 Å². The fourth-order valence-corrected chi connectivity index (χ4v) is 3.97. The second-order valence-electron chi connectivity index (χ2n) is 7.18. The number of amides is 1. The highest BCUT2D eigenvalue weighted by Gasteiger charge is 2.22. The van der Waals surface area contributed by atoms with Gasteiger partial charge < -0.3 is 15.5 Å². The van der Waals surface area contributed by atoms with Gasteiger partial charge in [-0.05, 0) is 72.4 Å². The Labute approximate surface area is 174 Å². The molecular weight excluding hydrogens is 453 g/mol. The van der Waals surface area contributed by atoms with Crippen molar-refractivity contribution in [1.29, 1.82) is 0 Å². The Morgan fingerprint density at radius 2 is 1.93 bits per heavy atom. The molecule has 27 heavy (non-hydrogen) atoms. The summed E-state index contributed by atoms with van der Waals surface area (Å²) in [6.45, 7) is 0.739. The summed E-state index contributed by atoms with van der Waals surface area (Å²) in [5, 5.41) is 6.56. The summed E-state index contributed by atoms with van der Waals surface area (Å²) in [6, 6.07) is 9.98. The molecule has 0 spiro atoms. The van der Waals surface area contributed by atoms with Gasteiger partial charge in [0.05, 0.1) is 5.56 Å². The molecule has 1 amide bonds. The first-order valence-corrected chi connectivity index (χ1v) is 10.4. The zero-order chi connectivity index (χ0) is 19.2. The SMILES string of the molecule is CN(C)c1ccnc(N[C@H]2CC[C@@H](CNC(=O)c3ccccc3I)CC2)n1. The summed E-state index contributed by atoms with van der Waals surface area (Å²) in [4.78, 5) is 23.2. The number of hydrogen-bond donors (Lipinski definition) is 2. The predicted octanol–water partition coefficient (Wildman–Crippen LogP) is 3.55. The predicted molar refractivity (Wildman–Crippen MR) is 117 cm³/mol. The lowest BCUT2D eigenvalue weighted by molar-refractivity contribution is 0.0942. The first kappa shape index (κ1) is 19.9. The third kappa shape index (κ3) is 5.54. The summed E-state index contributed by atoms with van der Waals surface area (Å²) in [5.74, 6) is 2.15. The Bertz CT molecular complexity index is 774. The molecule has 1 aliphatic carbocycles. The van der Waals surface area contributed by atoms with Crippen LogP contribution in [0.4, 0.5) is 11.8 Å². The van der Waals surface area contributed by atoms with E-state index in [0.29, 0.717) is 17.9 Å². The second kappa shape index (κ2) is 9.34. The van der Waals surface area contributed by atoms with Crippen LogP contribution in [0, 0.1) is 9.49 Å². The van der Waals surface area contributed by atoms with Crippen molar-refractivity contribution in [3.05, 3.63) is 45.7 Å². The monoisotopic (exact) mass is 479 g/mol. The second-order valence-corrected chi connectivity index (χ2v) is 8.35. The van der Waals surface area contributed by atoms with Gasteiger partial charge in [0.15, 0.2) is 0 Å². The van der Waals surface area contributed by atoms with E-state index in [0.717, 1.165) is 47.2 Å². The van der Waals surface area contributed by atoms with Crippen LogP contribution in [0.15, 0.2) is 36.5 Å². The standard InChI is InChI=1S/C20H26IN5O/c1-26(2)18-11-12-22-20(25-18)24-15-9-7-14(8-10-15)13-23-19(27)16-5-3-4-6-17(16)21/h3-6,11-12,14-15H,7-10,13H2,1-2H3,(H,23,27)(H,22,24,25)/t14-,15+. The van der Waals surface area contributed by atoms with E-state index in [1.807, 2.05) is 49.3 Å². The average molecular weight is 479 g/mol. The Hall–Kier alpha value is -1.90. The van der Waals surface area contributed by atoms with Crippen molar-refractivity contribution < 1.29 is 4.79 Å². The summed E-state index contributed by atoms with van der Waals surface area (Å²) in [6.07, 6.45) is 6.11. The van der Waals surface area contributed by atoms with Crippen LogP contribution in [0.25, 0.3) is 0 Å². The minimum absolute atomic E-state index is 0.0224. The molecular formula is C20H26IN5O. The molecule has 3 rings (SSSR count). The molecule has 1 aromatic heterocycles. The first-order chi connectivity index (χ1) is 13.0. The third-order valence-corrected chi connectivity index (χ3v) is 5.89. The molecule has 0 saturated heterocycles. The smallest absolute Gasteiger partial charge is 0.252 e. The quantitative estimate of drug-likeness (QED) is 0.621. The molecule has 1 saturated carbocycles. The van der Waals surface area contributed by atoms with Gasteiger partial charge >= 0.3 is 0 Å². The van der Waals surface area contributed by atoms with E-state index in [2.05, 4.69) is 43.2 Å². The molecule has 0 aliphatic heterocycles. The number of carbonyl (C=O) groups excluding carboxylic acids is 1. The highest BCUT2D eigenvalue weighted by molar-refractivity contribution is 14.1. The average Bonchev–Trinajstić information content (AvgIpc) is 2.68. The van der Waals surface area contributed by atoms with Crippen LogP contribution in [0.1, 0.15) is 36.0 Å². The minimum Gasteiger partial charge on any atom is -0.363 e. The van der Waals surface area contributed by atoms with Crippen molar-refractivity contribution in [2.45, 2.75) is 31.7 Å². The number of anilines is 2. The van der Waals surface area contributed by atoms with E-state index in [1.165, 1.54) is 0 Å². The molecule has 1 heterocycles. The van der Waals surface area contributed by atoms with E-state index in [9.17, 15) is 4.79 Å². The zero-order valence-electron chi connectivity index (χ0n) is 15.8. The fourth-order valence-electron chi connectivity index (χ4n) is 3.34. The Balaban J connectivity index is 1.44. The molecule has 1 fully saturated rings. The molecule has 6 nitrogen and oxygen atoms in total. The maximum absolute atomic E-state index is 12.4. The number of nitrogens with one attached hydrogen (secondary N) is 2. The van der Waals surface area contributed by atoms with Crippen LogP contribution in [-0.4, -0.2) is 42.6 Å². The van der Waals surface area contributed by atoms with Gasteiger partial charge in [-0.3, -0.25) is 4.79 Å². The number of hydrogen-bond acceptors (Lipinski definition) is 5. The third-order valence-electron chi connectivity index (χ3n) is 4.95. The molecule has 0 atom stereocenters. The summed E-state index contributed by atoms with van der Waals surface area (Å²) in [5.41, 5.74) is 0.756.